The number of hydrogen-bond acceptors (Lipinski definition) is 3. The zero-order valence-corrected chi connectivity index (χ0v) is 19.4. The highest BCUT2D eigenvalue weighted by atomic mass is 35.5. The molecule has 0 amide bonds. The van der Waals surface area contributed by atoms with Gasteiger partial charge in [-0.3, -0.25) is 4.40 Å². The van der Waals surface area contributed by atoms with E-state index in [9.17, 15) is 13.2 Å². The zero-order valence-electron chi connectivity index (χ0n) is 17.8. The molecule has 0 saturated carbocycles. The lowest BCUT2D eigenvalue weighted by atomic mass is 10.0. The summed E-state index contributed by atoms with van der Waals surface area (Å²) in [5.41, 5.74) is 3.56. The lowest BCUT2D eigenvalue weighted by Gasteiger charge is -2.10. The van der Waals surface area contributed by atoms with E-state index in [1.54, 1.807) is 42.4 Å². The van der Waals surface area contributed by atoms with Crippen LogP contribution in [0, 0.1) is 0 Å². The Morgan fingerprint density at radius 1 is 0.853 bits per heavy atom. The SMILES string of the molecule is CSc1ccc(-c2c(-c3ccc(Cl)cc3)nc3ncc(-c4cccc(C(F)(F)F)c4)cn23)cc1. The zero-order chi connectivity index (χ0) is 23.9. The van der Waals surface area contributed by atoms with Crippen molar-refractivity contribution in [2.24, 2.45) is 0 Å². The molecule has 0 aliphatic heterocycles. The van der Waals surface area contributed by atoms with Crippen LogP contribution in [0.2, 0.25) is 5.02 Å². The molecule has 3 aromatic carbocycles. The maximum absolute atomic E-state index is 13.3. The van der Waals surface area contributed by atoms with Gasteiger partial charge in [0.15, 0.2) is 0 Å². The summed E-state index contributed by atoms with van der Waals surface area (Å²) in [6, 6.07) is 20.7. The first-order valence-electron chi connectivity index (χ1n) is 10.3. The molecule has 3 nitrogen and oxygen atoms in total. The molecule has 0 N–H and O–H groups in total. The van der Waals surface area contributed by atoms with Crippen LogP contribution in [0.25, 0.3) is 39.4 Å². The Labute approximate surface area is 203 Å². The summed E-state index contributed by atoms with van der Waals surface area (Å²) in [5, 5.41) is 0.614. The van der Waals surface area contributed by atoms with Crippen LogP contribution >= 0.6 is 23.4 Å². The second-order valence-corrected chi connectivity index (χ2v) is 8.95. The molecule has 0 aliphatic carbocycles. The van der Waals surface area contributed by atoms with Gasteiger partial charge < -0.3 is 0 Å². The Balaban J connectivity index is 1.73. The Bertz CT molecular complexity index is 1480. The highest BCUT2D eigenvalue weighted by molar-refractivity contribution is 7.98. The van der Waals surface area contributed by atoms with Gasteiger partial charge in [0.05, 0.1) is 17.0 Å². The van der Waals surface area contributed by atoms with Crippen LogP contribution in [0.5, 0.6) is 0 Å². The lowest BCUT2D eigenvalue weighted by Crippen LogP contribution is -2.04. The first-order valence-corrected chi connectivity index (χ1v) is 11.9. The standard InChI is InChI=1S/C26H17ClF3N3S/c1-34-22-11-7-17(8-12-22)24-23(16-5-9-21(27)10-6-16)32-25-31-14-19(15-33(24)25)18-3-2-4-20(13-18)26(28,29)30/h2-15H,1H3. The molecule has 5 rings (SSSR count). The van der Waals surface area contributed by atoms with Gasteiger partial charge in [0, 0.05) is 39.0 Å². The van der Waals surface area contributed by atoms with E-state index in [0.717, 1.165) is 33.8 Å². The van der Waals surface area contributed by atoms with Crippen molar-refractivity contribution in [3.63, 3.8) is 0 Å². The number of alkyl halides is 3. The van der Waals surface area contributed by atoms with Gasteiger partial charge in [-0.1, -0.05) is 48.0 Å². The molecule has 170 valence electrons. The molecule has 8 heteroatoms. The molecule has 0 atom stereocenters. The number of rotatable bonds is 4. The van der Waals surface area contributed by atoms with Crippen molar-refractivity contribution in [2.75, 3.05) is 6.26 Å². The minimum absolute atomic E-state index is 0.426. The molecule has 0 aliphatic rings. The summed E-state index contributed by atoms with van der Waals surface area (Å²) >= 11 is 7.72. The third kappa shape index (κ3) is 4.29. The third-order valence-electron chi connectivity index (χ3n) is 5.48. The monoisotopic (exact) mass is 495 g/mol. The van der Waals surface area contributed by atoms with E-state index < -0.39 is 11.7 Å². The topological polar surface area (TPSA) is 30.2 Å². The molecule has 34 heavy (non-hydrogen) atoms. The molecule has 0 spiro atoms. The van der Waals surface area contributed by atoms with Crippen molar-refractivity contribution in [3.8, 4) is 33.6 Å². The normalized spacial score (nSPS) is 11.8. The number of hydrogen-bond donors (Lipinski definition) is 0. The molecule has 2 heterocycles. The summed E-state index contributed by atoms with van der Waals surface area (Å²) in [6.45, 7) is 0. The predicted molar refractivity (Wildman–Crippen MR) is 131 cm³/mol. The van der Waals surface area contributed by atoms with Gasteiger partial charge in [-0.05, 0) is 48.2 Å². The average Bonchev–Trinajstić information content (AvgIpc) is 3.23. The van der Waals surface area contributed by atoms with Gasteiger partial charge in [-0.25, -0.2) is 9.97 Å². The molecule has 2 aromatic heterocycles. The third-order valence-corrected chi connectivity index (χ3v) is 6.48. The first kappa shape index (κ1) is 22.5. The van der Waals surface area contributed by atoms with Gasteiger partial charge in [0.1, 0.15) is 0 Å². The minimum Gasteiger partial charge on any atom is -0.282 e. The van der Waals surface area contributed by atoms with Crippen molar-refractivity contribution in [1.82, 2.24) is 14.4 Å². The number of nitrogens with zero attached hydrogens (tertiary/aromatic N) is 3. The van der Waals surface area contributed by atoms with Gasteiger partial charge >= 0.3 is 6.18 Å². The lowest BCUT2D eigenvalue weighted by molar-refractivity contribution is -0.137. The maximum atomic E-state index is 13.3. The minimum atomic E-state index is -4.42. The Hall–Kier alpha value is -3.29. The number of thioether (sulfide) groups is 1. The van der Waals surface area contributed by atoms with Gasteiger partial charge in [-0.15, -0.1) is 11.8 Å². The number of benzene rings is 3. The summed E-state index contributed by atoms with van der Waals surface area (Å²) < 4.78 is 41.6. The van der Waals surface area contributed by atoms with Gasteiger partial charge in [0.2, 0.25) is 5.78 Å². The van der Waals surface area contributed by atoms with Crippen molar-refractivity contribution in [3.05, 3.63) is 95.8 Å². The maximum Gasteiger partial charge on any atom is 0.416 e. The molecular weight excluding hydrogens is 479 g/mol. The molecule has 0 radical (unpaired) electrons. The number of halogens is 4. The van der Waals surface area contributed by atoms with Crippen LogP contribution in [-0.4, -0.2) is 20.6 Å². The van der Waals surface area contributed by atoms with Crippen LogP contribution in [-0.2, 0) is 6.18 Å². The van der Waals surface area contributed by atoms with E-state index in [0.29, 0.717) is 27.6 Å². The van der Waals surface area contributed by atoms with Gasteiger partial charge in [-0.2, -0.15) is 13.2 Å². The van der Waals surface area contributed by atoms with E-state index in [2.05, 4.69) is 4.98 Å². The molecule has 0 bridgehead atoms. The van der Waals surface area contributed by atoms with E-state index in [4.69, 9.17) is 16.6 Å². The smallest absolute Gasteiger partial charge is 0.282 e. The van der Waals surface area contributed by atoms with Crippen molar-refractivity contribution in [1.29, 1.82) is 0 Å². The highest BCUT2D eigenvalue weighted by Crippen LogP contribution is 2.36. The fraction of sp³-hybridized carbons (Fsp3) is 0.0769. The van der Waals surface area contributed by atoms with E-state index in [1.807, 2.05) is 47.1 Å². The van der Waals surface area contributed by atoms with Gasteiger partial charge in [0.25, 0.3) is 0 Å². The van der Waals surface area contributed by atoms with Crippen LogP contribution < -0.4 is 0 Å². The quantitative estimate of drug-likeness (QED) is 0.236. The fourth-order valence-electron chi connectivity index (χ4n) is 3.79. The van der Waals surface area contributed by atoms with Crippen LogP contribution in [0.15, 0.2) is 90.1 Å². The number of fused-ring (bicyclic) bond motifs is 1. The van der Waals surface area contributed by atoms with E-state index in [-0.39, 0.29) is 0 Å². The summed E-state index contributed by atoms with van der Waals surface area (Å²) in [5.74, 6) is 0.449. The molecule has 0 fully saturated rings. The summed E-state index contributed by atoms with van der Waals surface area (Å²) in [4.78, 5) is 10.3. The Morgan fingerprint density at radius 3 is 2.24 bits per heavy atom. The Morgan fingerprint density at radius 2 is 1.56 bits per heavy atom. The second-order valence-electron chi connectivity index (χ2n) is 7.64. The first-order chi connectivity index (χ1) is 16.3. The largest absolute Gasteiger partial charge is 0.416 e. The van der Waals surface area contributed by atoms with Crippen molar-refractivity contribution >= 4 is 29.1 Å². The van der Waals surface area contributed by atoms with Crippen LogP contribution in [0.1, 0.15) is 5.56 Å². The summed E-state index contributed by atoms with van der Waals surface area (Å²) in [6.07, 6.45) is 0.911. The number of imidazole rings is 1. The molecule has 0 saturated heterocycles. The molecule has 0 unspecified atom stereocenters. The molecule has 5 aromatic rings. The highest BCUT2D eigenvalue weighted by Gasteiger charge is 2.30. The second kappa shape index (κ2) is 8.81. The molecular formula is C26H17ClF3N3S. The Kier molecular flexibility index (Phi) is 5.83. The van der Waals surface area contributed by atoms with E-state index >= 15 is 0 Å². The summed E-state index contributed by atoms with van der Waals surface area (Å²) in [7, 11) is 0. The van der Waals surface area contributed by atoms with E-state index in [1.165, 1.54) is 6.07 Å². The number of aromatic nitrogens is 3. The van der Waals surface area contributed by atoms with Crippen LogP contribution in [0.4, 0.5) is 13.2 Å². The average molecular weight is 496 g/mol. The van der Waals surface area contributed by atoms with Crippen molar-refractivity contribution in [2.45, 2.75) is 11.1 Å². The fourth-order valence-corrected chi connectivity index (χ4v) is 4.33. The van der Waals surface area contributed by atoms with Crippen molar-refractivity contribution < 1.29 is 13.2 Å². The predicted octanol–water partition coefficient (Wildman–Crippen LogP) is 8.12. The van der Waals surface area contributed by atoms with Crippen LogP contribution in [0.3, 0.4) is 0 Å².